The molecule has 0 atom stereocenters. The van der Waals surface area contributed by atoms with Gasteiger partial charge in [0.25, 0.3) is 0 Å². The van der Waals surface area contributed by atoms with E-state index < -0.39 is 0 Å². The molecule has 0 saturated carbocycles. The minimum atomic E-state index is 0.512. The maximum Gasteiger partial charge on any atom is 0.161 e. The van der Waals surface area contributed by atoms with Crippen LogP contribution in [-0.2, 0) is 6.61 Å². The lowest BCUT2D eigenvalue weighted by Gasteiger charge is -2.11. The van der Waals surface area contributed by atoms with Crippen molar-refractivity contribution in [2.45, 2.75) is 13.5 Å². The first-order valence-corrected chi connectivity index (χ1v) is 7.13. The minimum Gasteiger partial charge on any atom is -0.493 e. The Hall–Kier alpha value is -2.75. The van der Waals surface area contributed by atoms with Gasteiger partial charge in [0, 0.05) is 11.8 Å². The van der Waals surface area contributed by atoms with Gasteiger partial charge >= 0.3 is 0 Å². The molecule has 2 aromatic carbocycles. The zero-order valence-corrected chi connectivity index (χ0v) is 12.7. The Kier molecular flexibility index (Phi) is 4.10. The van der Waals surface area contributed by atoms with Gasteiger partial charge in [-0.25, -0.2) is 4.98 Å². The van der Waals surface area contributed by atoms with Gasteiger partial charge in [-0.3, -0.25) is 0 Å². The quantitative estimate of drug-likeness (QED) is 0.774. The Morgan fingerprint density at radius 3 is 2.55 bits per heavy atom. The van der Waals surface area contributed by atoms with E-state index in [0.29, 0.717) is 12.4 Å². The number of aromatic nitrogens is 2. The molecule has 4 heteroatoms. The smallest absolute Gasteiger partial charge is 0.161 e. The van der Waals surface area contributed by atoms with E-state index in [1.807, 2.05) is 61.7 Å². The molecule has 0 bridgehead atoms. The summed E-state index contributed by atoms with van der Waals surface area (Å²) in [5.74, 6) is 2.31. The number of nitrogens with zero attached hydrogens (tertiary/aromatic N) is 1. The highest BCUT2D eigenvalue weighted by molar-refractivity contribution is 5.63. The van der Waals surface area contributed by atoms with E-state index in [-0.39, 0.29) is 0 Å². The first-order valence-electron chi connectivity index (χ1n) is 7.13. The molecule has 1 N–H and O–H groups in total. The monoisotopic (exact) mass is 294 g/mol. The summed E-state index contributed by atoms with van der Waals surface area (Å²) in [6.45, 7) is 2.44. The van der Waals surface area contributed by atoms with Crippen LogP contribution < -0.4 is 9.47 Å². The molecule has 22 heavy (non-hydrogen) atoms. The Morgan fingerprint density at radius 1 is 1.05 bits per heavy atom. The predicted molar refractivity (Wildman–Crippen MR) is 86.1 cm³/mol. The van der Waals surface area contributed by atoms with Gasteiger partial charge in [0.2, 0.25) is 0 Å². The third-order valence-electron chi connectivity index (χ3n) is 3.40. The maximum absolute atomic E-state index is 5.86. The van der Waals surface area contributed by atoms with Crippen molar-refractivity contribution in [1.82, 2.24) is 9.97 Å². The summed E-state index contributed by atoms with van der Waals surface area (Å²) in [6, 6.07) is 15.9. The molecule has 1 aromatic heterocycles. The summed E-state index contributed by atoms with van der Waals surface area (Å²) in [5.41, 5.74) is 3.01. The fourth-order valence-corrected chi connectivity index (χ4v) is 2.25. The molecule has 0 aliphatic carbocycles. The number of aromatic amines is 1. The summed E-state index contributed by atoms with van der Waals surface area (Å²) in [5, 5.41) is 0. The third kappa shape index (κ3) is 3.11. The number of hydrogen-bond donors (Lipinski definition) is 1. The van der Waals surface area contributed by atoms with Gasteiger partial charge in [-0.15, -0.1) is 0 Å². The molecular formula is C18H18N2O2. The van der Waals surface area contributed by atoms with Crippen LogP contribution >= 0.6 is 0 Å². The highest BCUT2D eigenvalue weighted by atomic mass is 16.5. The number of imidazole rings is 1. The molecule has 0 aliphatic rings. The molecule has 0 fully saturated rings. The lowest BCUT2D eigenvalue weighted by molar-refractivity contribution is 0.284. The second kappa shape index (κ2) is 6.35. The number of H-pyrrole nitrogens is 1. The van der Waals surface area contributed by atoms with Crippen LogP contribution in [0.2, 0.25) is 0 Å². The molecule has 112 valence electrons. The van der Waals surface area contributed by atoms with Gasteiger partial charge in [-0.2, -0.15) is 0 Å². The van der Waals surface area contributed by atoms with E-state index in [9.17, 15) is 0 Å². The van der Waals surface area contributed by atoms with Gasteiger partial charge in [-0.1, -0.05) is 30.3 Å². The van der Waals surface area contributed by atoms with Gasteiger partial charge in [-0.05, 0) is 30.7 Å². The van der Waals surface area contributed by atoms with Crippen LogP contribution in [0.1, 0.15) is 11.4 Å². The average molecular weight is 294 g/mol. The molecule has 3 rings (SSSR count). The average Bonchev–Trinajstić information content (AvgIpc) is 3.00. The number of rotatable bonds is 5. The normalized spacial score (nSPS) is 10.5. The van der Waals surface area contributed by atoms with Crippen molar-refractivity contribution >= 4 is 0 Å². The van der Waals surface area contributed by atoms with Crippen molar-refractivity contribution in [2.24, 2.45) is 0 Å². The van der Waals surface area contributed by atoms with Crippen molar-refractivity contribution < 1.29 is 9.47 Å². The molecule has 3 aromatic rings. The van der Waals surface area contributed by atoms with Crippen LogP contribution in [0.3, 0.4) is 0 Å². The predicted octanol–water partition coefficient (Wildman–Crippen LogP) is 3.97. The minimum absolute atomic E-state index is 0.512. The van der Waals surface area contributed by atoms with E-state index >= 15 is 0 Å². The van der Waals surface area contributed by atoms with Gasteiger partial charge < -0.3 is 14.5 Å². The van der Waals surface area contributed by atoms with Crippen LogP contribution in [-0.4, -0.2) is 17.1 Å². The number of benzene rings is 2. The fraction of sp³-hybridized carbons (Fsp3) is 0.167. The fourth-order valence-electron chi connectivity index (χ4n) is 2.25. The van der Waals surface area contributed by atoms with Gasteiger partial charge in [0.05, 0.1) is 12.8 Å². The van der Waals surface area contributed by atoms with Crippen molar-refractivity contribution in [1.29, 1.82) is 0 Å². The van der Waals surface area contributed by atoms with E-state index in [0.717, 1.165) is 28.4 Å². The summed E-state index contributed by atoms with van der Waals surface area (Å²) in [7, 11) is 1.64. The molecular weight excluding hydrogens is 276 g/mol. The summed E-state index contributed by atoms with van der Waals surface area (Å²) in [6.07, 6.45) is 1.88. The Bertz CT molecular complexity index is 751. The Balaban J connectivity index is 1.80. The van der Waals surface area contributed by atoms with E-state index in [4.69, 9.17) is 9.47 Å². The van der Waals surface area contributed by atoms with E-state index in [1.54, 1.807) is 7.11 Å². The molecule has 4 nitrogen and oxygen atoms in total. The van der Waals surface area contributed by atoms with Gasteiger partial charge in [0.15, 0.2) is 11.5 Å². The topological polar surface area (TPSA) is 47.1 Å². The molecule has 0 spiro atoms. The second-order valence-electron chi connectivity index (χ2n) is 5.01. The maximum atomic E-state index is 5.86. The number of nitrogens with one attached hydrogen (secondary N) is 1. The van der Waals surface area contributed by atoms with E-state index in [1.165, 1.54) is 0 Å². The number of ether oxygens (including phenoxy) is 2. The van der Waals surface area contributed by atoms with Crippen LogP contribution in [0.25, 0.3) is 11.3 Å². The number of aryl methyl sites for hydroxylation is 1. The van der Waals surface area contributed by atoms with Gasteiger partial charge in [0.1, 0.15) is 12.4 Å². The Morgan fingerprint density at radius 2 is 1.86 bits per heavy atom. The summed E-state index contributed by atoms with van der Waals surface area (Å²) < 4.78 is 11.3. The molecule has 0 radical (unpaired) electrons. The summed E-state index contributed by atoms with van der Waals surface area (Å²) >= 11 is 0. The molecule has 0 aliphatic heterocycles. The standard InChI is InChI=1S/C18H18N2O2/c1-13-19-11-16(20-13)15-8-9-17(18(10-15)21-2)22-12-14-6-4-3-5-7-14/h3-11H,12H2,1-2H3,(H,19,20). The zero-order chi connectivity index (χ0) is 15.4. The SMILES string of the molecule is COc1cc(-c2c[nH]c(C)n2)ccc1OCc1ccccc1. The molecule has 0 amide bonds. The highest BCUT2D eigenvalue weighted by Gasteiger charge is 2.09. The molecule has 0 unspecified atom stereocenters. The number of methoxy groups -OCH3 is 1. The lowest BCUT2D eigenvalue weighted by Crippen LogP contribution is -1.97. The van der Waals surface area contributed by atoms with Crippen LogP contribution in [0, 0.1) is 6.92 Å². The summed E-state index contributed by atoms with van der Waals surface area (Å²) in [4.78, 5) is 7.51. The van der Waals surface area contributed by atoms with Crippen LogP contribution in [0.5, 0.6) is 11.5 Å². The van der Waals surface area contributed by atoms with Crippen LogP contribution in [0.15, 0.2) is 54.7 Å². The van der Waals surface area contributed by atoms with Crippen molar-refractivity contribution in [3.05, 3.63) is 66.1 Å². The largest absolute Gasteiger partial charge is 0.493 e. The highest BCUT2D eigenvalue weighted by Crippen LogP contribution is 2.32. The third-order valence-corrected chi connectivity index (χ3v) is 3.40. The first-order chi connectivity index (χ1) is 10.8. The zero-order valence-electron chi connectivity index (χ0n) is 12.7. The van der Waals surface area contributed by atoms with Crippen LogP contribution in [0.4, 0.5) is 0 Å². The molecule has 1 heterocycles. The second-order valence-corrected chi connectivity index (χ2v) is 5.01. The van der Waals surface area contributed by atoms with E-state index in [2.05, 4.69) is 9.97 Å². The first kappa shape index (κ1) is 14.2. The Labute approximate surface area is 129 Å². The van der Waals surface area contributed by atoms with Crippen molar-refractivity contribution in [2.75, 3.05) is 7.11 Å². The molecule has 0 saturated heterocycles. The lowest BCUT2D eigenvalue weighted by atomic mass is 10.1. The number of hydrogen-bond acceptors (Lipinski definition) is 3. The van der Waals surface area contributed by atoms with Crippen molar-refractivity contribution in [3.63, 3.8) is 0 Å². The van der Waals surface area contributed by atoms with Crippen molar-refractivity contribution in [3.8, 4) is 22.8 Å².